The number of carbonyl (C=O) groups excluding carboxylic acids is 1. The van der Waals surface area contributed by atoms with Crippen LogP contribution in [0.1, 0.15) is 36.4 Å². The summed E-state index contributed by atoms with van der Waals surface area (Å²) >= 11 is 0. The van der Waals surface area contributed by atoms with E-state index in [9.17, 15) is 4.79 Å². The van der Waals surface area contributed by atoms with E-state index in [-0.39, 0.29) is 6.03 Å². The summed E-state index contributed by atoms with van der Waals surface area (Å²) in [6, 6.07) is 10.4. The maximum Gasteiger partial charge on any atom is 0.317 e. The molecule has 0 bridgehead atoms. The molecule has 2 aromatic rings. The van der Waals surface area contributed by atoms with Crippen LogP contribution in [0.15, 0.2) is 34.9 Å². The molecule has 0 saturated carbocycles. The third-order valence-electron chi connectivity index (χ3n) is 5.55. The molecule has 0 radical (unpaired) electrons. The summed E-state index contributed by atoms with van der Waals surface area (Å²) in [7, 11) is 0. The molecule has 1 fully saturated rings. The van der Waals surface area contributed by atoms with E-state index >= 15 is 0 Å². The molecule has 7 heteroatoms. The van der Waals surface area contributed by atoms with E-state index in [2.05, 4.69) is 52.3 Å². The first-order valence-electron chi connectivity index (χ1n) is 10.6. The molecule has 0 atom stereocenters. The van der Waals surface area contributed by atoms with E-state index in [0.717, 1.165) is 63.8 Å². The first-order valence-corrected chi connectivity index (χ1v) is 10.6. The highest BCUT2D eigenvalue weighted by Gasteiger charge is 2.22. The zero-order valence-corrected chi connectivity index (χ0v) is 17.9. The largest absolute Gasteiger partial charge is 0.360 e. The van der Waals surface area contributed by atoms with Gasteiger partial charge < -0.3 is 14.7 Å². The number of benzene rings is 1. The van der Waals surface area contributed by atoms with Gasteiger partial charge in [-0.25, -0.2) is 4.79 Å². The number of amides is 2. The highest BCUT2D eigenvalue weighted by atomic mass is 16.5. The molecule has 0 aliphatic carbocycles. The molecular formula is C22H33N5O2. The predicted octanol–water partition coefficient (Wildman–Crippen LogP) is 2.85. The Morgan fingerprint density at radius 2 is 1.83 bits per heavy atom. The van der Waals surface area contributed by atoms with Crippen molar-refractivity contribution in [1.29, 1.82) is 0 Å². The van der Waals surface area contributed by atoms with Gasteiger partial charge in [-0.15, -0.1) is 0 Å². The number of hydrogen-bond donors (Lipinski definition) is 1. The van der Waals surface area contributed by atoms with Crippen molar-refractivity contribution in [2.45, 2.75) is 40.4 Å². The van der Waals surface area contributed by atoms with Gasteiger partial charge in [0, 0.05) is 45.3 Å². The SMILES string of the molecule is CCN(CC)Cc1ccccc1CNC(=O)N1CCN(Cc2cc(C)no2)CC1. The maximum atomic E-state index is 12.6. The Hall–Kier alpha value is -2.38. The van der Waals surface area contributed by atoms with Crippen LogP contribution in [0.5, 0.6) is 0 Å². The van der Waals surface area contributed by atoms with Crippen LogP contribution < -0.4 is 5.32 Å². The monoisotopic (exact) mass is 399 g/mol. The Morgan fingerprint density at radius 3 is 2.45 bits per heavy atom. The van der Waals surface area contributed by atoms with Crippen molar-refractivity contribution in [2.75, 3.05) is 39.3 Å². The molecule has 29 heavy (non-hydrogen) atoms. The highest BCUT2D eigenvalue weighted by molar-refractivity contribution is 5.74. The summed E-state index contributed by atoms with van der Waals surface area (Å²) in [5, 5.41) is 7.04. The topological polar surface area (TPSA) is 64.9 Å². The maximum absolute atomic E-state index is 12.6. The molecular weight excluding hydrogens is 366 g/mol. The molecule has 1 aliphatic heterocycles. The first-order chi connectivity index (χ1) is 14.1. The standard InChI is InChI=1S/C22H33N5O2/c1-4-25(5-2)16-20-9-7-6-8-19(20)15-23-22(28)27-12-10-26(11-13-27)17-21-14-18(3)24-29-21/h6-9,14H,4-5,10-13,15-17H2,1-3H3,(H,23,28). The lowest BCUT2D eigenvalue weighted by molar-refractivity contribution is 0.127. The Morgan fingerprint density at radius 1 is 1.14 bits per heavy atom. The second-order valence-corrected chi connectivity index (χ2v) is 7.59. The lowest BCUT2D eigenvalue weighted by Gasteiger charge is -2.34. The van der Waals surface area contributed by atoms with Crippen molar-refractivity contribution in [3.63, 3.8) is 0 Å². The second kappa shape index (κ2) is 10.4. The Kier molecular flexibility index (Phi) is 7.66. The van der Waals surface area contributed by atoms with Crippen LogP contribution in [-0.2, 0) is 19.6 Å². The number of urea groups is 1. The van der Waals surface area contributed by atoms with E-state index in [1.165, 1.54) is 11.1 Å². The Balaban J connectivity index is 1.47. The molecule has 2 heterocycles. The van der Waals surface area contributed by atoms with E-state index in [1.807, 2.05) is 24.0 Å². The van der Waals surface area contributed by atoms with E-state index in [1.54, 1.807) is 0 Å². The number of aromatic nitrogens is 1. The first kappa shape index (κ1) is 21.3. The number of hydrogen-bond acceptors (Lipinski definition) is 5. The van der Waals surface area contributed by atoms with E-state index in [4.69, 9.17) is 4.52 Å². The second-order valence-electron chi connectivity index (χ2n) is 7.59. The average Bonchev–Trinajstić information content (AvgIpc) is 3.16. The van der Waals surface area contributed by atoms with Crippen LogP contribution in [-0.4, -0.2) is 65.2 Å². The normalized spacial score (nSPS) is 15.1. The van der Waals surface area contributed by atoms with E-state index in [0.29, 0.717) is 6.54 Å². The molecule has 0 unspecified atom stereocenters. The minimum atomic E-state index is 0.0119. The molecule has 2 amide bonds. The third-order valence-corrected chi connectivity index (χ3v) is 5.55. The van der Waals surface area contributed by atoms with Crippen LogP contribution in [0.25, 0.3) is 0 Å². The van der Waals surface area contributed by atoms with Crippen molar-refractivity contribution in [1.82, 2.24) is 25.2 Å². The number of carbonyl (C=O) groups is 1. The van der Waals surface area contributed by atoms with Gasteiger partial charge in [0.1, 0.15) is 0 Å². The Labute approximate surface area is 173 Å². The lowest BCUT2D eigenvalue weighted by Crippen LogP contribution is -2.51. The zero-order valence-electron chi connectivity index (χ0n) is 17.9. The minimum absolute atomic E-state index is 0.0119. The van der Waals surface area contributed by atoms with Crippen LogP contribution in [0.3, 0.4) is 0 Å². The van der Waals surface area contributed by atoms with Crippen molar-refractivity contribution in [2.24, 2.45) is 0 Å². The van der Waals surface area contributed by atoms with E-state index < -0.39 is 0 Å². The van der Waals surface area contributed by atoms with Gasteiger partial charge in [-0.1, -0.05) is 43.3 Å². The van der Waals surface area contributed by atoms with Gasteiger partial charge in [0.15, 0.2) is 5.76 Å². The third kappa shape index (κ3) is 6.05. The molecule has 1 N–H and O–H groups in total. The van der Waals surface area contributed by atoms with Crippen molar-refractivity contribution in [3.8, 4) is 0 Å². The molecule has 3 rings (SSSR count). The number of rotatable bonds is 8. The minimum Gasteiger partial charge on any atom is -0.360 e. The zero-order chi connectivity index (χ0) is 20.6. The molecule has 0 spiro atoms. The summed E-state index contributed by atoms with van der Waals surface area (Å²) in [4.78, 5) is 19.2. The summed E-state index contributed by atoms with van der Waals surface area (Å²) in [6.07, 6.45) is 0. The molecule has 7 nitrogen and oxygen atoms in total. The van der Waals surface area contributed by atoms with Crippen molar-refractivity contribution in [3.05, 3.63) is 52.9 Å². The molecule has 158 valence electrons. The molecule has 1 saturated heterocycles. The quantitative estimate of drug-likeness (QED) is 0.739. The van der Waals surface area contributed by atoms with Gasteiger partial charge in [-0.2, -0.15) is 0 Å². The fourth-order valence-corrected chi connectivity index (χ4v) is 3.68. The smallest absolute Gasteiger partial charge is 0.317 e. The highest BCUT2D eigenvalue weighted by Crippen LogP contribution is 2.13. The van der Waals surface area contributed by atoms with Gasteiger partial charge in [0.2, 0.25) is 0 Å². The van der Waals surface area contributed by atoms with Crippen molar-refractivity contribution >= 4 is 6.03 Å². The number of nitrogens with one attached hydrogen (secondary N) is 1. The van der Waals surface area contributed by atoms with Gasteiger partial charge in [-0.05, 0) is 31.1 Å². The molecule has 1 aromatic carbocycles. The molecule has 1 aromatic heterocycles. The number of piperazine rings is 1. The van der Waals surface area contributed by atoms with Gasteiger partial charge >= 0.3 is 6.03 Å². The number of aryl methyl sites for hydroxylation is 1. The summed E-state index contributed by atoms with van der Waals surface area (Å²) in [6.45, 7) is 13.7. The fraction of sp³-hybridized carbons (Fsp3) is 0.545. The van der Waals surface area contributed by atoms with Crippen LogP contribution in [0.4, 0.5) is 4.79 Å². The van der Waals surface area contributed by atoms with Gasteiger partial charge in [0.25, 0.3) is 0 Å². The Bertz CT molecular complexity index is 779. The van der Waals surface area contributed by atoms with Crippen LogP contribution in [0, 0.1) is 6.92 Å². The van der Waals surface area contributed by atoms with Crippen molar-refractivity contribution < 1.29 is 9.32 Å². The van der Waals surface area contributed by atoms with Gasteiger partial charge in [-0.3, -0.25) is 9.80 Å². The average molecular weight is 400 g/mol. The molecule has 1 aliphatic rings. The summed E-state index contributed by atoms with van der Waals surface area (Å²) in [5.41, 5.74) is 3.37. The van der Waals surface area contributed by atoms with Crippen LogP contribution in [0.2, 0.25) is 0 Å². The summed E-state index contributed by atoms with van der Waals surface area (Å²) in [5.74, 6) is 0.880. The fourth-order valence-electron chi connectivity index (χ4n) is 3.68. The summed E-state index contributed by atoms with van der Waals surface area (Å²) < 4.78 is 5.30. The predicted molar refractivity (Wildman–Crippen MR) is 113 cm³/mol. The number of nitrogens with zero attached hydrogens (tertiary/aromatic N) is 4. The van der Waals surface area contributed by atoms with Gasteiger partial charge in [0.05, 0.1) is 12.2 Å². The van der Waals surface area contributed by atoms with Crippen LogP contribution >= 0.6 is 0 Å². The lowest BCUT2D eigenvalue weighted by atomic mass is 10.1.